The molecule has 0 atom stereocenters. The van der Waals surface area contributed by atoms with Crippen LogP contribution >= 0.6 is 39.0 Å². The van der Waals surface area contributed by atoms with Crippen LogP contribution in [-0.4, -0.2) is 21.6 Å². The normalized spacial score (nSPS) is 11.0. The molecule has 4 nitrogen and oxygen atoms in total. The van der Waals surface area contributed by atoms with Crippen LogP contribution in [0.1, 0.15) is 26.4 Å². The van der Waals surface area contributed by atoms with Crippen LogP contribution in [-0.2, 0) is 6.42 Å². The largest absolute Gasteiger partial charge is 0.298 e. The summed E-state index contributed by atoms with van der Waals surface area (Å²) in [5.74, 6) is -3.15. The molecular weight excluding hydrogens is 456 g/mol. The number of aromatic nitrogens is 2. The number of hydrogen-bond donors (Lipinski definition) is 1. The molecule has 140 valence electrons. The van der Waals surface area contributed by atoms with Gasteiger partial charge in [0.1, 0.15) is 5.03 Å². The highest BCUT2D eigenvalue weighted by molar-refractivity contribution is 9.10. The Balaban J connectivity index is 1.70. The monoisotopic (exact) mass is 469 g/mol. The first-order valence-corrected chi connectivity index (χ1v) is 10.3. The lowest BCUT2D eigenvalue weighted by molar-refractivity contribution is 0.102. The quantitative estimate of drug-likeness (QED) is 0.465. The molecule has 0 fully saturated rings. The van der Waals surface area contributed by atoms with Gasteiger partial charge in [-0.25, -0.2) is 9.97 Å². The van der Waals surface area contributed by atoms with Crippen molar-refractivity contribution in [2.75, 3.05) is 5.32 Å². The Morgan fingerprint density at radius 1 is 1.33 bits per heavy atom. The third kappa shape index (κ3) is 5.33. The number of hydrogen-bond acceptors (Lipinski definition) is 5. The van der Waals surface area contributed by atoms with Gasteiger partial charge in [-0.05, 0) is 48.0 Å². The van der Waals surface area contributed by atoms with Crippen molar-refractivity contribution in [2.45, 2.75) is 24.1 Å². The van der Waals surface area contributed by atoms with E-state index in [4.69, 9.17) is 0 Å². The molecule has 0 saturated heterocycles. The Labute approximate surface area is 171 Å². The molecule has 0 radical (unpaired) electrons. The van der Waals surface area contributed by atoms with Gasteiger partial charge in [0.25, 0.3) is 11.7 Å². The van der Waals surface area contributed by atoms with Gasteiger partial charge in [-0.2, -0.15) is 8.78 Å². The number of anilines is 1. The molecule has 0 aliphatic heterocycles. The van der Waals surface area contributed by atoms with Gasteiger partial charge in [0.05, 0.1) is 5.56 Å². The van der Waals surface area contributed by atoms with Crippen molar-refractivity contribution in [1.82, 2.24) is 9.97 Å². The summed E-state index contributed by atoms with van der Waals surface area (Å²) in [6, 6.07) is 9.11. The Bertz CT molecular complexity index is 965. The van der Waals surface area contributed by atoms with E-state index >= 15 is 0 Å². The number of thiazole rings is 1. The molecule has 2 heterocycles. The lowest BCUT2D eigenvalue weighted by atomic mass is 10.1. The zero-order valence-corrected chi connectivity index (χ0v) is 17.3. The van der Waals surface area contributed by atoms with Gasteiger partial charge in [0.2, 0.25) is 0 Å². The smallest absolute Gasteiger partial charge is 0.290 e. The number of carbonyl (C=O) groups is 1. The molecule has 9 heteroatoms. The lowest BCUT2D eigenvalue weighted by Crippen LogP contribution is -2.13. The number of pyridine rings is 1. The van der Waals surface area contributed by atoms with Gasteiger partial charge in [0.15, 0.2) is 5.13 Å². The van der Waals surface area contributed by atoms with Crippen molar-refractivity contribution in [1.29, 1.82) is 0 Å². The summed E-state index contributed by atoms with van der Waals surface area (Å²) in [5, 5.41) is 3.07. The fourth-order valence-electron chi connectivity index (χ4n) is 2.37. The van der Waals surface area contributed by atoms with Crippen LogP contribution in [0.3, 0.4) is 0 Å². The first-order chi connectivity index (χ1) is 12.9. The van der Waals surface area contributed by atoms with E-state index in [0.717, 1.165) is 20.5 Å². The molecule has 3 aromatic rings. The number of rotatable bonds is 6. The maximum atomic E-state index is 12.6. The fourth-order valence-corrected chi connectivity index (χ4v) is 4.04. The maximum Gasteiger partial charge on any atom is 0.290 e. The molecule has 27 heavy (non-hydrogen) atoms. The summed E-state index contributed by atoms with van der Waals surface area (Å²) in [7, 11) is 0. The fraction of sp³-hybridized carbons (Fsp3) is 0.167. The summed E-state index contributed by atoms with van der Waals surface area (Å²) in [5.41, 5.74) is 2.38. The zero-order valence-electron chi connectivity index (χ0n) is 14.1. The van der Waals surface area contributed by atoms with E-state index in [0.29, 0.717) is 11.6 Å². The summed E-state index contributed by atoms with van der Waals surface area (Å²) in [6.07, 6.45) is 3.78. The van der Waals surface area contributed by atoms with Crippen LogP contribution in [0, 0.1) is 6.92 Å². The highest BCUT2D eigenvalue weighted by Crippen LogP contribution is 2.28. The molecule has 0 bridgehead atoms. The second kappa shape index (κ2) is 8.90. The topological polar surface area (TPSA) is 54.9 Å². The summed E-state index contributed by atoms with van der Waals surface area (Å²) in [6.45, 7) is 2.02. The minimum atomic E-state index is -2.65. The van der Waals surface area contributed by atoms with Crippen molar-refractivity contribution in [3.8, 4) is 0 Å². The molecule has 0 saturated carbocycles. The summed E-state index contributed by atoms with van der Waals surface area (Å²) in [4.78, 5) is 21.5. The van der Waals surface area contributed by atoms with Crippen molar-refractivity contribution in [3.63, 3.8) is 0 Å². The number of carbonyl (C=O) groups excluding carboxylic acids is 1. The van der Waals surface area contributed by atoms with Crippen molar-refractivity contribution in [2.24, 2.45) is 0 Å². The average molecular weight is 470 g/mol. The maximum absolute atomic E-state index is 12.6. The number of thioether (sulfide) groups is 1. The Hall–Kier alpha value is -1.84. The molecular formula is C18H14BrF2N3OS2. The molecule has 0 spiro atoms. The van der Waals surface area contributed by atoms with Gasteiger partial charge in [-0.1, -0.05) is 28.1 Å². The van der Waals surface area contributed by atoms with E-state index in [9.17, 15) is 13.6 Å². The molecule has 2 aromatic heterocycles. The van der Waals surface area contributed by atoms with Crippen molar-refractivity contribution in [3.05, 3.63) is 68.8 Å². The number of alkyl halides is 2. The van der Waals surface area contributed by atoms with E-state index in [2.05, 4.69) is 37.3 Å². The zero-order chi connectivity index (χ0) is 19.4. The SMILES string of the molecule is Cc1cc(Cc2cnc(NC(=O)c3cccnc3SC(F)F)s2)ccc1Br. The molecule has 1 aromatic carbocycles. The molecule has 0 aliphatic rings. The van der Waals surface area contributed by atoms with E-state index in [1.165, 1.54) is 29.7 Å². The highest BCUT2D eigenvalue weighted by Gasteiger charge is 2.17. The summed E-state index contributed by atoms with van der Waals surface area (Å²) < 4.78 is 26.3. The Morgan fingerprint density at radius 2 is 2.15 bits per heavy atom. The molecule has 1 amide bonds. The van der Waals surface area contributed by atoms with Crippen LogP contribution < -0.4 is 5.32 Å². The van der Waals surface area contributed by atoms with Gasteiger partial charge < -0.3 is 0 Å². The van der Waals surface area contributed by atoms with Gasteiger partial charge in [0, 0.05) is 28.2 Å². The molecule has 1 N–H and O–H groups in total. The van der Waals surface area contributed by atoms with Crippen LogP contribution in [0.4, 0.5) is 13.9 Å². The van der Waals surface area contributed by atoms with Gasteiger partial charge in [-0.3, -0.25) is 10.1 Å². The number of nitrogens with zero attached hydrogens (tertiary/aromatic N) is 2. The summed E-state index contributed by atoms with van der Waals surface area (Å²) >= 11 is 5.08. The predicted molar refractivity (Wildman–Crippen MR) is 108 cm³/mol. The molecule has 3 rings (SSSR count). The van der Waals surface area contributed by atoms with Crippen molar-refractivity contribution < 1.29 is 13.6 Å². The van der Waals surface area contributed by atoms with Crippen LogP contribution in [0.15, 0.2) is 52.2 Å². The second-order valence-corrected chi connectivity index (χ2v) is 8.53. The number of halogens is 3. The van der Waals surface area contributed by atoms with Gasteiger partial charge in [-0.15, -0.1) is 11.3 Å². The van der Waals surface area contributed by atoms with E-state index < -0.39 is 11.7 Å². The van der Waals surface area contributed by atoms with Gasteiger partial charge >= 0.3 is 0 Å². The minimum Gasteiger partial charge on any atom is -0.298 e. The average Bonchev–Trinajstić information content (AvgIpc) is 3.05. The van der Waals surface area contributed by atoms with Crippen LogP contribution in [0.25, 0.3) is 0 Å². The third-order valence-electron chi connectivity index (χ3n) is 3.59. The highest BCUT2D eigenvalue weighted by atomic mass is 79.9. The molecule has 0 unspecified atom stereocenters. The first kappa shape index (κ1) is 19.9. The van der Waals surface area contributed by atoms with E-state index in [-0.39, 0.29) is 22.4 Å². The minimum absolute atomic E-state index is 0.00730. The Morgan fingerprint density at radius 3 is 2.89 bits per heavy atom. The molecule has 0 aliphatic carbocycles. The second-order valence-electron chi connectivity index (χ2n) is 5.58. The van der Waals surface area contributed by atoms with E-state index in [1.807, 2.05) is 19.1 Å². The van der Waals surface area contributed by atoms with Crippen LogP contribution in [0.2, 0.25) is 0 Å². The number of amides is 1. The van der Waals surface area contributed by atoms with Crippen LogP contribution in [0.5, 0.6) is 0 Å². The standard InChI is InChI=1S/C18H14BrF2N3OS2/c1-10-7-11(4-5-14(10)19)8-12-9-23-18(26-12)24-15(25)13-3-2-6-22-16(13)27-17(20)21/h2-7,9,17H,8H2,1H3,(H,23,24,25). The van der Waals surface area contributed by atoms with E-state index in [1.54, 1.807) is 6.20 Å². The van der Waals surface area contributed by atoms with Crippen molar-refractivity contribution >= 4 is 50.1 Å². The third-order valence-corrected chi connectivity index (χ3v) is 6.12. The predicted octanol–water partition coefficient (Wildman–Crippen LogP) is 5.77. The number of benzene rings is 1. The first-order valence-electron chi connectivity index (χ1n) is 7.83. The number of nitrogens with one attached hydrogen (secondary N) is 1. The lowest BCUT2D eigenvalue weighted by Gasteiger charge is -2.06. The number of aryl methyl sites for hydroxylation is 1. The Kier molecular flexibility index (Phi) is 6.56.